The highest BCUT2D eigenvalue weighted by molar-refractivity contribution is 5.95. The Morgan fingerprint density at radius 3 is 2.56 bits per heavy atom. The van der Waals surface area contributed by atoms with Crippen LogP contribution in [0.25, 0.3) is 0 Å². The third-order valence-corrected chi connectivity index (χ3v) is 12.7. The fraction of sp³-hybridized carbons (Fsp3) is 0.900. The molecule has 3 heterocycles. The van der Waals surface area contributed by atoms with Crippen LogP contribution in [0.1, 0.15) is 92.9 Å². The first-order valence-corrected chi connectivity index (χ1v) is 14.5. The maximum absolute atomic E-state index is 14.3. The number of ketones is 1. The van der Waals surface area contributed by atoms with Gasteiger partial charge in [0, 0.05) is 37.1 Å². The van der Waals surface area contributed by atoms with Crippen molar-refractivity contribution in [1.82, 2.24) is 0 Å². The highest BCUT2D eigenvalue weighted by Gasteiger charge is 2.74. The zero-order valence-electron chi connectivity index (χ0n) is 23.0. The number of rotatable bonds is 2. The van der Waals surface area contributed by atoms with Crippen LogP contribution in [0.3, 0.4) is 0 Å². The summed E-state index contributed by atoms with van der Waals surface area (Å²) in [4.78, 5) is 26.7. The van der Waals surface area contributed by atoms with Crippen LogP contribution in [0.4, 0.5) is 0 Å². The maximum atomic E-state index is 14.3. The lowest BCUT2D eigenvalue weighted by atomic mass is 9.35. The number of hydrogen-bond donors (Lipinski definition) is 1. The Morgan fingerprint density at radius 2 is 1.86 bits per heavy atom. The molecular weight excluding hydrogens is 454 g/mol. The molecule has 36 heavy (non-hydrogen) atoms. The van der Waals surface area contributed by atoms with E-state index in [1.807, 2.05) is 6.92 Å². The van der Waals surface area contributed by atoms with E-state index in [4.69, 9.17) is 4.74 Å². The first-order chi connectivity index (χ1) is 16.8. The topological polar surface area (TPSA) is 89.7 Å². The van der Waals surface area contributed by atoms with Crippen molar-refractivity contribution in [1.29, 1.82) is 0 Å². The van der Waals surface area contributed by atoms with Gasteiger partial charge in [-0.05, 0) is 73.5 Å². The van der Waals surface area contributed by atoms with Gasteiger partial charge in [0.2, 0.25) is 0 Å². The number of ether oxygens (including phenoxy) is 1. The molecule has 6 heteroatoms. The van der Waals surface area contributed by atoms with E-state index in [9.17, 15) is 19.8 Å². The second-order valence-electron chi connectivity index (χ2n) is 14.7. The summed E-state index contributed by atoms with van der Waals surface area (Å²) in [6.45, 7) is 14.0. The van der Waals surface area contributed by atoms with Crippen molar-refractivity contribution in [2.24, 2.45) is 51.8 Å². The Hall–Kier alpha value is -1.27. The first kappa shape index (κ1) is 25.0. The fourth-order valence-corrected chi connectivity index (χ4v) is 10.9. The van der Waals surface area contributed by atoms with Gasteiger partial charge in [-0.3, -0.25) is 4.79 Å². The van der Waals surface area contributed by atoms with E-state index in [-0.39, 0.29) is 65.1 Å². The molecule has 2 saturated heterocycles. The Morgan fingerprint density at radius 1 is 1.14 bits per heavy atom. The van der Waals surface area contributed by atoms with E-state index >= 15 is 0 Å². The number of carboxylic acids is 1. The minimum atomic E-state index is -1.05. The molecule has 5 fully saturated rings. The van der Waals surface area contributed by atoms with E-state index in [1.165, 1.54) is 5.71 Å². The molecule has 0 radical (unpaired) electrons. The van der Waals surface area contributed by atoms with Crippen LogP contribution >= 0.6 is 0 Å². The molecule has 0 amide bonds. The van der Waals surface area contributed by atoms with Crippen molar-refractivity contribution in [2.45, 2.75) is 111 Å². The van der Waals surface area contributed by atoms with E-state index in [0.717, 1.165) is 45.1 Å². The standard InChI is InChI=1S/C30H45NO5/c1-16-9-19-15-31-23-13-27(4)21-10-17(2)22(32)11-20(21)18(3)25(35)26(27)29(6,14-24(33)34)28(23,5)7-8-30(31,12-16)36-19/h16-22,26,32H,7-15H2,1-6H3/t16-,17-,18+,19+,20-,21+,22-,26-,27-,28+,29-,30-/m0/s1. The zero-order valence-corrected chi connectivity index (χ0v) is 23.0. The molecule has 2 bridgehead atoms. The molecule has 6 rings (SSSR count). The lowest BCUT2D eigenvalue weighted by molar-refractivity contribution is -0.635. The van der Waals surface area contributed by atoms with E-state index in [1.54, 1.807) is 0 Å². The van der Waals surface area contributed by atoms with Gasteiger partial charge in [0.1, 0.15) is 11.9 Å². The smallest absolute Gasteiger partial charge is 0.267 e. The van der Waals surface area contributed by atoms with Crippen LogP contribution in [0.5, 0.6) is 0 Å². The molecule has 6 aliphatic rings. The summed E-state index contributed by atoms with van der Waals surface area (Å²) in [6, 6.07) is 0. The molecule has 0 aromatic carbocycles. The Kier molecular flexibility index (Phi) is 5.32. The molecule has 3 aliphatic heterocycles. The molecule has 3 saturated carbocycles. The molecule has 0 aromatic rings. The molecular formula is C30H45NO5. The first-order valence-electron chi connectivity index (χ1n) is 14.5. The van der Waals surface area contributed by atoms with Crippen molar-refractivity contribution in [3.63, 3.8) is 0 Å². The third-order valence-electron chi connectivity index (χ3n) is 12.7. The lowest BCUT2D eigenvalue weighted by Gasteiger charge is -2.67. The molecule has 200 valence electrons. The highest BCUT2D eigenvalue weighted by atomic mass is 16.5. The summed E-state index contributed by atoms with van der Waals surface area (Å²) in [6.07, 6.45) is 5.98. The molecule has 3 aliphatic carbocycles. The van der Waals surface area contributed by atoms with Gasteiger partial charge in [0.15, 0.2) is 12.3 Å². The lowest BCUT2D eigenvalue weighted by Crippen LogP contribution is -2.71. The van der Waals surface area contributed by atoms with Crippen LogP contribution < -0.4 is 5.11 Å². The van der Waals surface area contributed by atoms with Crippen molar-refractivity contribution < 1.29 is 29.1 Å². The third kappa shape index (κ3) is 3.00. The minimum Gasteiger partial charge on any atom is -0.550 e. The van der Waals surface area contributed by atoms with Crippen molar-refractivity contribution in [2.75, 3.05) is 6.54 Å². The minimum absolute atomic E-state index is 0.0944. The van der Waals surface area contributed by atoms with Crippen molar-refractivity contribution in [3.05, 3.63) is 0 Å². The summed E-state index contributed by atoms with van der Waals surface area (Å²) in [5, 5.41) is 23.2. The molecule has 0 unspecified atom stereocenters. The van der Waals surface area contributed by atoms with E-state index < -0.39 is 16.8 Å². The summed E-state index contributed by atoms with van der Waals surface area (Å²) >= 11 is 0. The number of Topliss-reactive ketones (excluding diaryl/α,β-unsaturated/α-hetero) is 1. The van der Waals surface area contributed by atoms with Gasteiger partial charge in [-0.25, -0.2) is 4.58 Å². The predicted molar refractivity (Wildman–Crippen MR) is 133 cm³/mol. The van der Waals surface area contributed by atoms with E-state index in [0.29, 0.717) is 12.3 Å². The summed E-state index contributed by atoms with van der Waals surface area (Å²) < 4.78 is 9.29. The van der Waals surface area contributed by atoms with Crippen LogP contribution in [0, 0.1) is 51.8 Å². The Balaban J connectivity index is 1.57. The van der Waals surface area contributed by atoms with Gasteiger partial charge in [-0.15, -0.1) is 0 Å². The number of fused-ring (bicyclic) bond motifs is 5. The van der Waals surface area contributed by atoms with Crippen LogP contribution in [0.2, 0.25) is 0 Å². The van der Waals surface area contributed by atoms with Gasteiger partial charge in [-0.2, -0.15) is 0 Å². The molecule has 1 N–H and O–H groups in total. The van der Waals surface area contributed by atoms with Gasteiger partial charge < -0.3 is 19.7 Å². The SMILES string of the molecule is C[C@H]1C[C@@H]2C[N+]3=C4C[C@@]5(C)[C@@H]6C[C@H](C)[C@@H](O)C[C@H]6[C@@H](C)C(=O)[C@@H]5[C@](C)(CC(=O)[O-])[C@]4(C)CC[C@@]3(C1)O2. The Labute approximate surface area is 215 Å². The number of aliphatic hydroxyl groups excluding tert-OH is 1. The fourth-order valence-electron chi connectivity index (χ4n) is 10.9. The molecule has 0 aromatic heterocycles. The molecule has 1 spiro atoms. The van der Waals surface area contributed by atoms with Crippen molar-refractivity contribution in [3.8, 4) is 0 Å². The zero-order chi connectivity index (χ0) is 26.0. The Bertz CT molecular complexity index is 1040. The quantitative estimate of drug-likeness (QED) is 0.590. The van der Waals surface area contributed by atoms with Crippen LogP contribution in [0.15, 0.2) is 0 Å². The van der Waals surface area contributed by atoms with Crippen LogP contribution in [-0.4, -0.2) is 51.6 Å². The molecule has 6 nitrogen and oxygen atoms in total. The van der Waals surface area contributed by atoms with E-state index in [2.05, 4.69) is 39.2 Å². The maximum Gasteiger partial charge on any atom is 0.267 e. The normalized spacial score (nSPS) is 55.9. The monoisotopic (exact) mass is 499 g/mol. The van der Waals surface area contributed by atoms with Gasteiger partial charge >= 0.3 is 0 Å². The average Bonchev–Trinajstić information content (AvgIpc) is 3.05. The molecule has 12 atom stereocenters. The summed E-state index contributed by atoms with van der Waals surface area (Å²) in [5.74, 6) is -0.0967. The summed E-state index contributed by atoms with van der Waals surface area (Å²) in [5.41, 5.74) is -0.401. The predicted octanol–water partition coefficient (Wildman–Crippen LogP) is 3.18. The number of carbonyl (C=O) groups is 2. The summed E-state index contributed by atoms with van der Waals surface area (Å²) in [7, 11) is 0. The van der Waals surface area contributed by atoms with Gasteiger partial charge in [-0.1, -0.05) is 34.6 Å². The number of aliphatic hydroxyl groups is 1. The number of aliphatic carboxylic acids is 1. The average molecular weight is 500 g/mol. The highest BCUT2D eigenvalue weighted by Crippen LogP contribution is 2.71. The second kappa shape index (κ2) is 7.65. The van der Waals surface area contributed by atoms with Gasteiger partial charge in [0.25, 0.3) is 5.72 Å². The second-order valence-corrected chi connectivity index (χ2v) is 14.7. The van der Waals surface area contributed by atoms with Crippen molar-refractivity contribution >= 4 is 17.5 Å². The number of carbonyl (C=O) groups excluding carboxylic acids is 2. The number of hydrogen-bond acceptors (Lipinski definition) is 5. The van der Waals surface area contributed by atoms with Crippen LogP contribution in [-0.2, 0) is 14.3 Å². The van der Waals surface area contributed by atoms with Gasteiger partial charge in [0.05, 0.1) is 11.5 Å². The number of nitrogens with zero attached hydrogens (tertiary/aromatic N) is 1. The largest absolute Gasteiger partial charge is 0.550 e. The number of carboxylic acid groups (broad SMARTS) is 1.